The van der Waals surface area contributed by atoms with Crippen LogP contribution in [0, 0.1) is 0 Å². The van der Waals surface area contributed by atoms with Gasteiger partial charge in [0, 0.05) is 11.0 Å². The van der Waals surface area contributed by atoms with Crippen molar-refractivity contribution >= 4 is 34.7 Å². The molecule has 7 heteroatoms. The van der Waals surface area contributed by atoms with Crippen molar-refractivity contribution in [3.8, 4) is 0 Å². The van der Waals surface area contributed by atoms with Gasteiger partial charge in [-0.05, 0) is 42.2 Å². The maximum Gasteiger partial charge on any atom is 0.332 e. The third-order valence-electron chi connectivity index (χ3n) is 3.49. The largest absolute Gasteiger partial charge is 0.439 e. The quantitative estimate of drug-likeness (QED) is 0.399. The zero-order valence-corrected chi connectivity index (χ0v) is 14.3. The predicted octanol–water partition coefficient (Wildman–Crippen LogP) is 2.73. The van der Waals surface area contributed by atoms with Crippen LogP contribution in [0.2, 0.25) is 0 Å². The molecule has 0 spiro atoms. The van der Waals surface area contributed by atoms with Crippen molar-refractivity contribution in [2.45, 2.75) is 11.6 Å². The molecule has 3 rings (SSSR count). The van der Waals surface area contributed by atoms with Crippen molar-refractivity contribution in [2.24, 2.45) is 0 Å². The fraction of sp³-hybridized carbons (Fsp3) is 0.111. The molecule has 0 saturated heterocycles. The van der Waals surface area contributed by atoms with E-state index in [2.05, 4.69) is 10.3 Å². The minimum Gasteiger partial charge on any atom is -0.439 e. The Labute approximate surface area is 148 Å². The SMILES string of the molecule is CSc1ccc(/C=C/C(=O)OCn2nnc3ccccc3c2=O)cc1. The lowest BCUT2D eigenvalue weighted by Gasteiger charge is -2.04. The molecule has 0 fully saturated rings. The summed E-state index contributed by atoms with van der Waals surface area (Å²) in [6.07, 6.45) is 4.97. The molecule has 2 aromatic carbocycles. The molecule has 0 atom stereocenters. The minimum absolute atomic E-state index is 0.286. The number of hydrogen-bond acceptors (Lipinski definition) is 6. The monoisotopic (exact) mass is 353 g/mol. The van der Waals surface area contributed by atoms with Crippen LogP contribution in [-0.4, -0.2) is 27.2 Å². The van der Waals surface area contributed by atoms with Gasteiger partial charge in [0.2, 0.25) is 0 Å². The smallest absolute Gasteiger partial charge is 0.332 e. The highest BCUT2D eigenvalue weighted by Crippen LogP contribution is 2.15. The maximum atomic E-state index is 12.2. The third kappa shape index (κ3) is 4.13. The number of rotatable bonds is 5. The average molecular weight is 353 g/mol. The molecule has 1 heterocycles. The molecule has 0 N–H and O–H groups in total. The minimum atomic E-state index is -0.559. The maximum absolute atomic E-state index is 12.2. The van der Waals surface area contributed by atoms with E-state index in [-0.39, 0.29) is 12.3 Å². The van der Waals surface area contributed by atoms with Gasteiger partial charge >= 0.3 is 5.97 Å². The molecule has 0 aliphatic carbocycles. The summed E-state index contributed by atoms with van der Waals surface area (Å²) in [5, 5.41) is 8.13. The zero-order valence-electron chi connectivity index (χ0n) is 13.5. The van der Waals surface area contributed by atoms with Crippen molar-refractivity contribution in [1.29, 1.82) is 0 Å². The predicted molar refractivity (Wildman–Crippen MR) is 97.1 cm³/mol. The van der Waals surface area contributed by atoms with E-state index in [1.165, 1.54) is 6.08 Å². The number of ether oxygens (including phenoxy) is 1. The van der Waals surface area contributed by atoms with Gasteiger partial charge in [0.25, 0.3) is 5.56 Å². The lowest BCUT2D eigenvalue weighted by atomic mass is 10.2. The molecule has 0 aliphatic heterocycles. The first kappa shape index (κ1) is 16.9. The van der Waals surface area contributed by atoms with Crippen LogP contribution in [0.25, 0.3) is 17.0 Å². The molecule has 0 unspecified atom stereocenters. The number of hydrogen-bond donors (Lipinski definition) is 0. The van der Waals surface area contributed by atoms with Crippen molar-refractivity contribution in [3.63, 3.8) is 0 Å². The fourth-order valence-electron chi connectivity index (χ4n) is 2.16. The average Bonchev–Trinajstić information content (AvgIpc) is 2.66. The van der Waals surface area contributed by atoms with E-state index in [0.29, 0.717) is 10.9 Å². The lowest BCUT2D eigenvalue weighted by molar-refractivity contribution is -0.141. The summed E-state index contributed by atoms with van der Waals surface area (Å²) in [6, 6.07) is 14.6. The van der Waals surface area contributed by atoms with Gasteiger partial charge in [-0.25, -0.2) is 4.79 Å². The van der Waals surface area contributed by atoms with E-state index in [1.54, 1.807) is 42.1 Å². The molecular formula is C18H15N3O3S. The van der Waals surface area contributed by atoms with Crippen LogP contribution in [0.1, 0.15) is 5.56 Å². The number of aromatic nitrogens is 3. The summed E-state index contributed by atoms with van der Waals surface area (Å²) < 4.78 is 6.07. The van der Waals surface area contributed by atoms with E-state index in [4.69, 9.17) is 4.74 Å². The molecule has 3 aromatic rings. The third-order valence-corrected chi connectivity index (χ3v) is 4.23. The van der Waals surface area contributed by atoms with E-state index >= 15 is 0 Å². The Morgan fingerprint density at radius 3 is 2.72 bits per heavy atom. The number of carbonyl (C=O) groups excluding carboxylic acids is 1. The molecule has 0 amide bonds. The van der Waals surface area contributed by atoms with Gasteiger partial charge in [-0.1, -0.05) is 29.5 Å². The van der Waals surface area contributed by atoms with Gasteiger partial charge in [0.05, 0.1) is 5.39 Å². The molecule has 6 nitrogen and oxygen atoms in total. The van der Waals surface area contributed by atoms with E-state index < -0.39 is 5.97 Å². The Bertz CT molecular complexity index is 981. The highest BCUT2D eigenvalue weighted by molar-refractivity contribution is 7.98. The summed E-state index contributed by atoms with van der Waals surface area (Å²) in [5.74, 6) is -0.559. The van der Waals surface area contributed by atoms with E-state index in [9.17, 15) is 9.59 Å². The van der Waals surface area contributed by atoms with Crippen molar-refractivity contribution in [3.05, 3.63) is 70.5 Å². The first-order chi connectivity index (χ1) is 12.2. The highest BCUT2D eigenvalue weighted by Gasteiger charge is 2.06. The highest BCUT2D eigenvalue weighted by atomic mass is 32.2. The molecule has 1 aromatic heterocycles. The van der Waals surface area contributed by atoms with Crippen LogP contribution >= 0.6 is 11.8 Å². The first-order valence-electron chi connectivity index (χ1n) is 7.49. The number of fused-ring (bicyclic) bond motifs is 1. The first-order valence-corrected chi connectivity index (χ1v) is 8.71. The number of nitrogens with zero attached hydrogens (tertiary/aromatic N) is 3. The molecular weight excluding hydrogens is 338 g/mol. The summed E-state index contributed by atoms with van der Waals surface area (Å²) in [5.41, 5.74) is 1.04. The van der Waals surface area contributed by atoms with Crippen LogP contribution in [-0.2, 0) is 16.3 Å². The Kier molecular flexibility index (Phi) is 5.25. The molecule has 25 heavy (non-hydrogen) atoms. The molecule has 0 saturated carbocycles. The van der Waals surface area contributed by atoms with Gasteiger partial charge < -0.3 is 4.74 Å². The Balaban J connectivity index is 1.65. The van der Waals surface area contributed by atoms with Crippen LogP contribution < -0.4 is 5.56 Å². The molecule has 126 valence electrons. The molecule has 0 radical (unpaired) electrons. The molecule has 0 aliphatic rings. The second-order valence-corrected chi connectivity index (χ2v) is 5.99. The zero-order chi connectivity index (χ0) is 17.6. The van der Waals surface area contributed by atoms with E-state index in [1.807, 2.05) is 30.5 Å². The fourth-order valence-corrected chi connectivity index (χ4v) is 2.57. The number of esters is 1. The van der Waals surface area contributed by atoms with Crippen molar-refractivity contribution in [2.75, 3.05) is 6.26 Å². The summed E-state index contributed by atoms with van der Waals surface area (Å²) >= 11 is 1.65. The van der Waals surface area contributed by atoms with Crippen LogP contribution in [0.5, 0.6) is 0 Å². The molecule has 0 bridgehead atoms. The number of carbonyl (C=O) groups is 1. The van der Waals surface area contributed by atoms with Gasteiger partial charge in [-0.2, -0.15) is 4.68 Å². The van der Waals surface area contributed by atoms with Crippen LogP contribution in [0.15, 0.2) is 64.3 Å². The summed E-state index contributed by atoms with van der Waals surface area (Å²) in [6.45, 7) is -0.286. The van der Waals surface area contributed by atoms with Crippen LogP contribution in [0.4, 0.5) is 0 Å². The summed E-state index contributed by atoms with van der Waals surface area (Å²) in [4.78, 5) is 25.2. The second kappa shape index (κ2) is 7.76. The van der Waals surface area contributed by atoms with E-state index in [0.717, 1.165) is 15.1 Å². The van der Waals surface area contributed by atoms with Gasteiger partial charge in [0.1, 0.15) is 5.52 Å². The van der Waals surface area contributed by atoms with Crippen molar-refractivity contribution < 1.29 is 9.53 Å². The summed E-state index contributed by atoms with van der Waals surface area (Å²) in [7, 11) is 0. The van der Waals surface area contributed by atoms with Crippen molar-refractivity contribution in [1.82, 2.24) is 15.0 Å². The topological polar surface area (TPSA) is 74.1 Å². The van der Waals surface area contributed by atoms with Crippen LogP contribution in [0.3, 0.4) is 0 Å². The standard InChI is InChI=1S/C18H15N3O3S/c1-25-14-9-6-13(7-10-14)8-11-17(22)24-12-21-18(23)15-4-2-3-5-16(15)19-20-21/h2-11H,12H2,1H3/b11-8+. The normalized spacial score (nSPS) is 11.1. The lowest BCUT2D eigenvalue weighted by Crippen LogP contribution is -2.26. The number of thioether (sulfide) groups is 1. The van der Waals surface area contributed by atoms with Gasteiger partial charge in [0.15, 0.2) is 6.73 Å². The van der Waals surface area contributed by atoms with Gasteiger partial charge in [-0.15, -0.1) is 16.9 Å². The Hall–Kier alpha value is -2.93. The van der Waals surface area contributed by atoms with Gasteiger partial charge in [-0.3, -0.25) is 4.79 Å². The Morgan fingerprint density at radius 1 is 1.20 bits per heavy atom. The number of benzene rings is 2. The Morgan fingerprint density at radius 2 is 1.96 bits per heavy atom. The second-order valence-electron chi connectivity index (χ2n) is 5.11.